The maximum absolute atomic E-state index is 5.89. The Morgan fingerprint density at radius 3 is 2.32 bits per heavy atom. The molecular formula is C14H11ClN2OS. The summed E-state index contributed by atoms with van der Waals surface area (Å²) in [6.07, 6.45) is 0. The first-order valence-corrected chi connectivity index (χ1v) is 7.11. The summed E-state index contributed by atoms with van der Waals surface area (Å²) in [4.78, 5) is 5.63. The van der Waals surface area contributed by atoms with Gasteiger partial charge < -0.3 is 4.84 Å². The predicted molar refractivity (Wildman–Crippen MR) is 80.1 cm³/mol. The first-order chi connectivity index (χ1) is 9.33. The average molecular weight is 291 g/mol. The van der Waals surface area contributed by atoms with E-state index < -0.39 is 0 Å². The van der Waals surface area contributed by atoms with Gasteiger partial charge in [0.2, 0.25) is 5.29 Å². The van der Waals surface area contributed by atoms with E-state index in [1.165, 1.54) is 17.5 Å². The van der Waals surface area contributed by atoms with Crippen LogP contribution >= 0.6 is 23.5 Å². The van der Waals surface area contributed by atoms with E-state index in [0.717, 1.165) is 11.3 Å². The number of halogens is 1. The zero-order valence-corrected chi connectivity index (χ0v) is 11.6. The Kier molecular flexibility index (Phi) is 3.62. The van der Waals surface area contributed by atoms with Gasteiger partial charge in [0, 0.05) is 11.9 Å². The highest BCUT2D eigenvalue weighted by molar-refractivity contribution is 7.98. The molecule has 0 aliphatic carbocycles. The van der Waals surface area contributed by atoms with Crippen LogP contribution in [0.1, 0.15) is 0 Å². The summed E-state index contributed by atoms with van der Waals surface area (Å²) in [6, 6.07) is 18.1. The van der Waals surface area contributed by atoms with E-state index in [1.54, 1.807) is 5.06 Å². The van der Waals surface area contributed by atoms with Gasteiger partial charge in [-0.1, -0.05) is 42.5 Å². The van der Waals surface area contributed by atoms with Crippen molar-refractivity contribution in [2.24, 2.45) is 4.40 Å². The number of rotatable bonds is 3. The molecule has 0 atom stereocenters. The molecule has 3 rings (SSSR count). The molecule has 96 valence electrons. The topological polar surface area (TPSA) is 24.8 Å². The number of amidine groups is 1. The summed E-state index contributed by atoms with van der Waals surface area (Å²) in [5.74, 6) is 1.36. The second-order valence-corrected chi connectivity index (χ2v) is 5.02. The molecule has 1 aliphatic heterocycles. The molecule has 3 nitrogen and oxygen atoms in total. The average Bonchev–Trinajstić information content (AvgIpc) is 2.86. The molecule has 2 aromatic carbocycles. The molecule has 0 bridgehead atoms. The maximum Gasteiger partial charge on any atom is 0.239 e. The molecule has 5 heteroatoms. The molecule has 0 fully saturated rings. The zero-order chi connectivity index (χ0) is 13.1. The molecular weight excluding hydrogens is 280 g/mol. The van der Waals surface area contributed by atoms with Crippen LogP contribution in [-0.4, -0.2) is 16.2 Å². The first-order valence-electron chi connectivity index (χ1n) is 5.79. The van der Waals surface area contributed by atoms with Gasteiger partial charge in [-0.2, -0.15) is 9.46 Å². The number of hydrogen-bond acceptors (Lipinski definition) is 4. The van der Waals surface area contributed by atoms with Crippen molar-refractivity contribution in [1.82, 2.24) is 5.06 Å². The van der Waals surface area contributed by atoms with Gasteiger partial charge in [-0.25, -0.2) is 0 Å². The van der Waals surface area contributed by atoms with Gasteiger partial charge in [0.15, 0.2) is 5.75 Å². The summed E-state index contributed by atoms with van der Waals surface area (Å²) in [7, 11) is 0. The molecule has 0 saturated heterocycles. The van der Waals surface area contributed by atoms with Crippen LogP contribution in [0, 0.1) is 0 Å². The highest BCUT2D eigenvalue weighted by Crippen LogP contribution is 2.25. The third kappa shape index (κ3) is 2.85. The predicted octanol–water partition coefficient (Wildman–Crippen LogP) is 4.16. The Bertz CT molecular complexity index is 586. The van der Waals surface area contributed by atoms with E-state index in [-0.39, 0.29) is 0 Å². The minimum Gasteiger partial charge on any atom is -0.376 e. The summed E-state index contributed by atoms with van der Waals surface area (Å²) >= 11 is 7.25. The summed E-state index contributed by atoms with van der Waals surface area (Å²) in [5, 5.41) is 1.93. The van der Waals surface area contributed by atoms with Crippen molar-refractivity contribution in [2.45, 2.75) is 0 Å². The minimum absolute atomic E-state index is 0.372. The van der Waals surface area contributed by atoms with Crippen LogP contribution in [-0.2, 0) is 0 Å². The molecule has 0 spiro atoms. The maximum atomic E-state index is 5.89. The van der Waals surface area contributed by atoms with E-state index in [0.29, 0.717) is 11.2 Å². The lowest BCUT2D eigenvalue weighted by molar-refractivity contribution is 0.0469. The molecule has 0 N–H and O–H groups in total. The fraction of sp³-hybridized carbons (Fsp3) is 0.0714. The van der Waals surface area contributed by atoms with Crippen LogP contribution in [0.15, 0.2) is 59.0 Å². The SMILES string of the molecule is ClC1=NSCN1Oc1ccc(-c2ccccc2)cc1. The van der Waals surface area contributed by atoms with Gasteiger partial charge in [-0.3, -0.25) is 0 Å². The number of hydrogen-bond donors (Lipinski definition) is 0. The van der Waals surface area contributed by atoms with Crippen LogP contribution in [0.5, 0.6) is 5.75 Å². The first kappa shape index (κ1) is 12.4. The standard InChI is InChI=1S/C14H11ClN2OS/c15-14-16-19-10-17(14)18-13-8-6-12(7-9-13)11-4-2-1-3-5-11/h1-9H,10H2. The molecule has 1 heterocycles. The summed E-state index contributed by atoms with van der Waals surface area (Å²) < 4.78 is 3.98. The fourth-order valence-electron chi connectivity index (χ4n) is 1.76. The fourth-order valence-corrected chi connectivity index (χ4v) is 2.61. The number of hydroxylamine groups is 2. The second kappa shape index (κ2) is 5.55. The van der Waals surface area contributed by atoms with Crippen molar-refractivity contribution < 1.29 is 4.84 Å². The van der Waals surface area contributed by atoms with Gasteiger partial charge in [0.05, 0.1) is 0 Å². The van der Waals surface area contributed by atoms with E-state index >= 15 is 0 Å². The molecule has 19 heavy (non-hydrogen) atoms. The molecule has 0 unspecified atom stereocenters. The van der Waals surface area contributed by atoms with Gasteiger partial charge in [-0.05, 0) is 34.9 Å². The van der Waals surface area contributed by atoms with E-state index in [4.69, 9.17) is 16.4 Å². The Morgan fingerprint density at radius 1 is 1.00 bits per heavy atom. The lowest BCUT2D eigenvalue weighted by Crippen LogP contribution is -2.26. The summed E-state index contributed by atoms with van der Waals surface area (Å²) in [5.41, 5.74) is 2.34. The third-order valence-corrected chi connectivity index (χ3v) is 3.72. The minimum atomic E-state index is 0.372. The van der Waals surface area contributed by atoms with Crippen LogP contribution in [0.4, 0.5) is 0 Å². The van der Waals surface area contributed by atoms with Crippen molar-refractivity contribution in [1.29, 1.82) is 0 Å². The Morgan fingerprint density at radius 2 is 1.68 bits per heavy atom. The van der Waals surface area contributed by atoms with Gasteiger partial charge >= 0.3 is 0 Å². The lowest BCUT2D eigenvalue weighted by Gasteiger charge is -2.16. The van der Waals surface area contributed by atoms with Crippen LogP contribution in [0.3, 0.4) is 0 Å². The van der Waals surface area contributed by atoms with Crippen LogP contribution < -0.4 is 4.84 Å². The van der Waals surface area contributed by atoms with Gasteiger partial charge in [0.1, 0.15) is 5.88 Å². The van der Waals surface area contributed by atoms with Gasteiger partial charge in [0.25, 0.3) is 0 Å². The van der Waals surface area contributed by atoms with Crippen molar-refractivity contribution in [3.8, 4) is 16.9 Å². The Balaban J connectivity index is 1.74. The molecule has 2 aromatic rings. The molecule has 0 radical (unpaired) electrons. The third-order valence-electron chi connectivity index (χ3n) is 2.70. The number of nitrogens with zero attached hydrogens (tertiary/aromatic N) is 2. The molecule has 0 saturated carbocycles. The quantitative estimate of drug-likeness (QED) is 0.627. The molecule has 0 aromatic heterocycles. The lowest BCUT2D eigenvalue weighted by atomic mass is 10.1. The largest absolute Gasteiger partial charge is 0.376 e. The van der Waals surface area contributed by atoms with Crippen LogP contribution in [0.2, 0.25) is 0 Å². The van der Waals surface area contributed by atoms with Crippen molar-refractivity contribution in [3.63, 3.8) is 0 Å². The van der Waals surface area contributed by atoms with Crippen molar-refractivity contribution >= 4 is 28.8 Å². The van der Waals surface area contributed by atoms with Crippen molar-refractivity contribution in [2.75, 3.05) is 5.88 Å². The summed E-state index contributed by atoms with van der Waals surface area (Å²) in [6.45, 7) is 0. The number of benzene rings is 2. The molecule has 1 aliphatic rings. The highest BCUT2D eigenvalue weighted by atomic mass is 35.5. The van der Waals surface area contributed by atoms with E-state index in [1.807, 2.05) is 42.5 Å². The smallest absolute Gasteiger partial charge is 0.239 e. The second-order valence-electron chi connectivity index (χ2n) is 3.98. The highest BCUT2D eigenvalue weighted by Gasteiger charge is 2.17. The van der Waals surface area contributed by atoms with E-state index in [2.05, 4.69) is 16.5 Å². The van der Waals surface area contributed by atoms with E-state index in [9.17, 15) is 0 Å². The normalized spacial score (nSPS) is 14.4. The molecule has 0 amide bonds. The van der Waals surface area contributed by atoms with Crippen LogP contribution in [0.25, 0.3) is 11.1 Å². The Labute approximate surface area is 120 Å². The zero-order valence-electron chi connectivity index (χ0n) is 9.99. The van der Waals surface area contributed by atoms with Gasteiger partial charge in [-0.15, -0.1) is 0 Å². The Hall–Kier alpha value is -1.65. The van der Waals surface area contributed by atoms with Crippen molar-refractivity contribution in [3.05, 3.63) is 54.6 Å². The monoisotopic (exact) mass is 290 g/mol.